The molecule has 0 fully saturated rings. The molecule has 1 unspecified atom stereocenters. The first-order chi connectivity index (χ1) is 12.5. The SMILES string of the molecule is CCOc1cc(C(=O)OC(C)C(=O)Nc2ccccc2Cl)ccc1OC. The molecule has 0 aliphatic heterocycles. The number of benzene rings is 2. The first-order valence-corrected chi connectivity index (χ1v) is 8.41. The average Bonchev–Trinajstić information content (AvgIpc) is 2.63. The zero-order chi connectivity index (χ0) is 19.1. The fourth-order valence-corrected chi connectivity index (χ4v) is 2.33. The van der Waals surface area contributed by atoms with E-state index in [9.17, 15) is 9.59 Å². The highest BCUT2D eigenvalue weighted by Crippen LogP contribution is 2.28. The van der Waals surface area contributed by atoms with Gasteiger partial charge >= 0.3 is 5.97 Å². The minimum atomic E-state index is -1.00. The Morgan fingerprint density at radius 2 is 1.88 bits per heavy atom. The van der Waals surface area contributed by atoms with Crippen LogP contribution in [0.2, 0.25) is 5.02 Å². The van der Waals surface area contributed by atoms with Crippen LogP contribution in [-0.2, 0) is 9.53 Å². The number of anilines is 1. The summed E-state index contributed by atoms with van der Waals surface area (Å²) >= 11 is 6.00. The van der Waals surface area contributed by atoms with Crippen LogP contribution < -0.4 is 14.8 Å². The van der Waals surface area contributed by atoms with E-state index in [-0.39, 0.29) is 5.56 Å². The molecule has 0 aliphatic rings. The quantitative estimate of drug-likeness (QED) is 0.740. The maximum Gasteiger partial charge on any atom is 0.339 e. The predicted octanol–water partition coefficient (Wildman–Crippen LogP) is 3.93. The Morgan fingerprint density at radius 1 is 1.15 bits per heavy atom. The summed E-state index contributed by atoms with van der Waals surface area (Å²) in [5, 5.41) is 3.02. The van der Waals surface area contributed by atoms with Crippen LogP contribution in [0.1, 0.15) is 24.2 Å². The van der Waals surface area contributed by atoms with Gasteiger partial charge in [-0.1, -0.05) is 23.7 Å². The normalized spacial score (nSPS) is 11.4. The van der Waals surface area contributed by atoms with Crippen LogP contribution in [0.15, 0.2) is 42.5 Å². The number of esters is 1. The number of hydrogen-bond donors (Lipinski definition) is 1. The molecule has 0 aliphatic carbocycles. The fourth-order valence-electron chi connectivity index (χ4n) is 2.15. The van der Waals surface area contributed by atoms with E-state index in [1.807, 2.05) is 6.92 Å². The van der Waals surface area contributed by atoms with Crippen LogP contribution in [0.3, 0.4) is 0 Å². The van der Waals surface area contributed by atoms with Crippen molar-refractivity contribution in [3.63, 3.8) is 0 Å². The average molecular weight is 378 g/mol. The number of ether oxygens (including phenoxy) is 3. The summed E-state index contributed by atoms with van der Waals surface area (Å²) in [6.45, 7) is 3.73. The van der Waals surface area contributed by atoms with Crippen LogP contribution in [0.5, 0.6) is 11.5 Å². The molecule has 6 nitrogen and oxygen atoms in total. The van der Waals surface area contributed by atoms with Crippen molar-refractivity contribution in [2.75, 3.05) is 19.0 Å². The van der Waals surface area contributed by atoms with Crippen LogP contribution in [0, 0.1) is 0 Å². The molecule has 0 saturated heterocycles. The zero-order valence-electron chi connectivity index (χ0n) is 14.7. The summed E-state index contributed by atoms with van der Waals surface area (Å²) in [6.07, 6.45) is -1.00. The Bertz CT molecular complexity index is 793. The summed E-state index contributed by atoms with van der Waals surface area (Å²) in [7, 11) is 1.51. The third-order valence-corrected chi connectivity index (χ3v) is 3.81. The van der Waals surface area contributed by atoms with Gasteiger partial charge in [0.2, 0.25) is 0 Å². The Morgan fingerprint density at radius 3 is 2.54 bits per heavy atom. The first kappa shape index (κ1) is 19.6. The molecular weight excluding hydrogens is 358 g/mol. The predicted molar refractivity (Wildman–Crippen MR) is 99.1 cm³/mol. The van der Waals surface area contributed by atoms with Gasteiger partial charge < -0.3 is 19.5 Å². The number of carbonyl (C=O) groups is 2. The first-order valence-electron chi connectivity index (χ1n) is 8.03. The third-order valence-electron chi connectivity index (χ3n) is 3.48. The van der Waals surface area contributed by atoms with Crippen LogP contribution in [-0.4, -0.2) is 31.7 Å². The van der Waals surface area contributed by atoms with Crippen LogP contribution >= 0.6 is 11.6 Å². The van der Waals surface area contributed by atoms with Gasteiger partial charge in [-0.25, -0.2) is 4.79 Å². The van der Waals surface area contributed by atoms with E-state index in [0.717, 1.165) is 0 Å². The highest BCUT2D eigenvalue weighted by Gasteiger charge is 2.20. The van der Waals surface area contributed by atoms with Crippen molar-refractivity contribution in [2.24, 2.45) is 0 Å². The topological polar surface area (TPSA) is 73.9 Å². The number of hydrogen-bond acceptors (Lipinski definition) is 5. The Balaban J connectivity index is 2.05. The molecule has 2 rings (SSSR count). The number of rotatable bonds is 7. The second-order valence-electron chi connectivity index (χ2n) is 5.32. The molecule has 1 N–H and O–H groups in total. The van der Waals surface area contributed by atoms with E-state index in [1.54, 1.807) is 36.4 Å². The molecule has 7 heteroatoms. The molecule has 26 heavy (non-hydrogen) atoms. The minimum absolute atomic E-state index is 0.256. The molecule has 0 heterocycles. The fraction of sp³-hybridized carbons (Fsp3) is 0.263. The van der Waals surface area contributed by atoms with Gasteiger partial charge in [0.05, 0.1) is 30.0 Å². The van der Waals surface area contributed by atoms with Gasteiger partial charge in [0.25, 0.3) is 5.91 Å². The number of amides is 1. The summed E-state index contributed by atoms with van der Waals surface area (Å²) in [6, 6.07) is 11.5. The summed E-state index contributed by atoms with van der Waals surface area (Å²) < 4.78 is 15.8. The summed E-state index contributed by atoms with van der Waals surface area (Å²) in [4.78, 5) is 24.5. The molecule has 1 atom stereocenters. The summed E-state index contributed by atoms with van der Waals surface area (Å²) in [5.41, 5.74) is 0.705. The van der Waals surface area contributed by atoms with E-state index in [4.69, 9.17) is 25.8 Å². The lowest BCUT2D eigenvalue weighted by Crippen LogP contribution is -2.30. The number of carbonyl (C=O) groups excluding carboxylic acids is 2. The van der Waals surface area contributed by atoms with E-state index >= 15 is 0 Å². The molecule has 0 radical (unpaired) electrons. The Kier molecular flexibility index (Phi) is 6.86. The van der Waals surface area contributed by atoms with Crippen LogP contribution in [0.25, 0.3) is 0 Å². The van der Waals surface area contributed by atoms with E-state index in [1.165, 1.54) is 20.1 Å². The minimum Gasteiger partial charge on any atom is -0.493 e. The molecule has 2 aromatic rings. The molecule has 0 spiro atoms. The molecule has 0 saturated carbocycles. The maximum atomic E-state index is 12.3. The lowest BCUT2D eigenvalue weighted by molar-refractivity contribution is -0.123. The Labute approximate surface area is 157 Å². The maximum absolute atomic E-state index is 12.3. The van der Waals surface area contributed by atoms with Crippen molar-refractivity contribution < 1.29 is 23.8 Å². The molecule has 138 valence electrons. The van der Waals surface area contributed by atoms with Crippen molar-refractivity contribution >= 4 is 29.2 Å². The lowest BCUT2D eigenvalue weighted by Gasteiger charge is -2.15. The van der Waals surface area contributed by atoms with Gasteiger partial charge in [0.1, 0.15) is 0 Å². The number of nitrogens with one attached hydrogen (secondary N) is 1. The third kappa shape index (κ3) is 4.89. The van der Waals surface area contributed by atoms with Crippen molar-refractivity contribution in [1.82, 2.24) is 0 Å². The number of methoxy groups -OCH3 is 1. The van der Waals surface area contributed by atoms with E-state index in [2.05, 4.69) is 5.32 Å². The van der Waals surface area contributed by atoms with Crippen molar-refractivity contribution in [3.05, 3.63) is 53.1 Å². The largest absolute Gasteiger partial charge is 0.493 e. The van der Waals surface area contributed by atoms with Gasteiger partial charge in [-0.15, -0.1) is 0 Å². The van der Waals surface area contributed by atoms with Gasteiger partial charge in [-0.3, -0.25) is 4.79 Å². The molecular formula is C19H20ClNO5. The monoisotopic (exact) mass is 377 g/mol. The van der Waals surface area contributed by atoms with Gasteiger partial charge in [0.15, 0.2) is 17.6 Å². The molecule has 2 aromatic carbocycles. The van der Waals surface area contributed by atoms with Gasteiger partial charge in [-0.05, 0) is 44.2 Å². The molecule has 0 bridgehead atoms. The standard InChI is InChI=1S/C19H20ClNO5/c1-4-25-17-11-13(9-10-16(17)24-3)19(23)26-12(2)18(22)21-15-8-6-5-7-14(15)20/h5-12H,4H2,1-3H3,(H,21,22). The van der Waals surface area contributed by atoms with Gasteiger partial charge in [0, 0.05) is 0 Å². The number of halogens is 1. The number of para-hydroxylation sites is 1. The zero-order valence-corrected chi connectivity index (χ0v) is 15.5. The second-order valence-corrected chi connectivity index (χ2v) is 5.72. The van der Waals surface area contributed by atoms with Crippen molar-refractivity contribution in [2.45, 2.75) is 20.0 Å². The smallest absolute Gasteiger partial charge is 0.339 e. The van der Waals surface area contributed by atoms with Crippen LogP contribution in [0.4, 0.5) is 5.69 Å². The molecule has 0 aromatic heterocycles. The molecule has 1 amide bonds. The highest BCUT2D eigenvalue weighted by atomic mass is 35.5. The second kappa shape index (κ2) is 9.10. The van der Waals surface area contributed by atoms with Crippen molar-refractivity contribution in [1.29, 1.82) is 0 Å². The van der Waals surface area contributed by atoms with Gasteiger partial charge in [-0.2, -0.15) is 0 Å². The van der Waals surface area contributed by atoms with E-state index in [0.29, 0.717) is 28.8 Å². The van der Waals surface area contributed by atoms with Crippen molar-refractivity contribution in [3.8, 4) is 11.5 Å². The Hall–Kier alpha value is -2.73. The van der Waals surface area contributed by atoms with E-state index < -0.39 is 18.0 Å². The summed E-state index contributed by atoms with van der Waals surface area (Å²) in [5.74, 6) is -0.189. The lowest BCUT2D eigenvalue weighted by atomic mass is 10.2. The highest BCUT2D eigenvalue weighted by molar-refractivity contribution is 6.33.